The van der Waals surface area contributed by atoms with Crippen LogP contribution in [0.3, 0.4) is 0 Å². The van der Waals surface area contributed by atoms with Crippen LogP contribution in [0.5, 0.6) is 0 Å². The van der Waals surface area contributed by atoms with Gasteiger partial charge in [0.05, 0.1) is 17.4 Å². The first-order valence-electron chi connectivity index (χ1n) is 15.8. The number of rotatable bonds is 5. The molecule has 0 bridgehead atoms. The van der Waals surface area contributed by atoms with E-state index in [4.69, 9.17) is 8.83 Å². The van der Waals surface area contributed by atoms with E-state index in [1.54, 1.807) is 0 Å². The van der Waals surface area contributed by atoms with Crippen LogP contribution in [0.4, 0.5) is 17.1 Å². The van der Waals surface area contributed by atoms with Gasteiger partial charge in [-0.1, -0.05) is 78.9 Å². The van der Waals surface area contributed by atoms with Gasteiger partial charge in [0.1, 0.15) is 33.4 Å². The molecule has 0 saturated carbocycles. The summed E-state index contributed by atoms with van der Waals surface area (Å²) < 4.78 is 21.6. The fourth-order valence-corrected chi connectivity index (χ4v) is 7.36. The normalized spacial score (nSPS) is 11.8. The van der Waals surface area contributed by atoms with Gasteiger partial charge in [-0.3, -0.25) is 0 Å². The zero-order chi connectivity index (χ0) is 31.6. The van der Waals surface area contributed by atoms with Crippen molar-refractivity contribution in [2.75, 3.05) is 4.90 Å². The van der Waals surface area contributed by atoms with Crippen molar-refractivity contribution in [1.29, 1.82) is 0 Å². The summed E-state index contributed by atoms with van der Waals surface area (Å²) in [5, 5.41) is 4.53. The molecule has 48 heavy (non-hydrogen) atoms. The van der Waals surface area contributed by atoms with Gasteiger partial charge >= 0.3 is 0 Å². The second kappa shape index (κ2) is 10.7. The lowest BCUT2D eigenvalue weighted by molar-refractivity contribution is 0.668. The molecule has 0 fully saturated rings. The van der Waals surface area contributed by atoms with Gasteiger partial charge in [0.25, 0.3) is 0 Å². The van der Waals surface area contributed by atoms with Crippen LogP contribution in [-0.2, 0) is 0 Å². The average Bonchev–Trinajstić information content (AvgIpc) is 3.87. The molecule has 0 aliphatic rings. The first-order chi connectivity index (χ1) is 23.8. The highest BCUT2D eigenvalue weighted by atomic mass is 32.1. The van der Waals surface area contributed by atoms with Crippen molar-refractivity contribution in [3.8, 4) is 22.3 Å². The number of hydrogen-bond acceptors (Lipinski definition) is 6. The van der Waals surface area contributed by atoms with Crippen LogP contribution < -0.4 is 4.90 Å². The van der Waals surface area contributed by atoms with Crippen LogP contribution in [0, 0.1) is 0 Å². The van der Waals surface area contributed by atoms with Crippen molar-refractivity contribution >= 4 is 83.7 Å². The zero-order valence-corrected chi connectivity index (χ0v) is 26.3. The molecule has 0 atom stereocenters. The maximum Gasteiger partial charge on any atom is 0.136 e. The quantitative estimate of drug-likeness (QED) is 0.188. The van der Waals surface area contributed by atoms with Crippen molar-refractivity contribution in [3.05, 3.63) is 152 Å². The van der Waals surface area contributed by atoms with Crippen LogP contribution in [0.2, 0.25) is 0 Å². The number of fused-ring (bicyclic) bond motifs is 7. The summed E-state index contributed by atoms with van der Waals surface area (Å²) in [4.78, 5) is 2.25. The van der Waals surface area contributed by atoms with Crippen LogP contribution in [0.15, 0.2) is 160 Å². The average molecular weight is 636 g/mol. The monoisotopic (exact) mass is 635 g/mol. The lowest BCUT2D eigenvalue weighted by Crippen LogP contribution is -2.10. The Morgan fingerprint density at radius 1 is 0.417 bits per heavy atom. The molecule has 6 heteroatoms. The molecule has 5 nitrogen and oxygen atoms in total. The molecule has 0 aliphatic heterocycles. The lowest BCUT2D eigenvalue weighted by atomic mass is 10.0. The van der Waals surface area contributed by atoms with E-state index in [0.717, 1.165) is 94.2 Å². The van der Waals surface area contributed by atoms with Gasteiger partial charge in [-0.05, 0) is 95.1 Å². The van der Waals surface area contributed by atoms with Gasteiger partial charge in [0, 0.05) is 32.9 Å². The third-order valence-electron chi connectivity index (χ3n) is 9.18. The predicted molar refractivity (Wildman–Crippen MR) is 198 cm³/mol. The molecule has 10 aromatic rings. The SMILES string of the molecule is c1cc(N(c2ccc(-c3ccc4c(c3)oc3ccccc34)cc2)c2ccc(-c3ccc4c(c3)oc3ccccc34)cc2)c2nsnc2c1. The topological polar surface area (TPSA) is 55.3 Å². The van der Waals surface area contributed by atoms with E-state index in [2.05, 4.69) is 117 Å². The number of nitrogens with zero attached hydrogens (tertiary/aromatic N) is 3. The minimum atomic E-state index is 0.876. The smallest absolute Gasteiger partial charge is 0.136 e. The summed E-state index contributed by atoms with van der Waals surface area (Å²) in [7, 11) is 0. The Balaban J connectivity index is 1.04. The molecular weight excluding hydrogens is 611 g/mol. The summed E-state index contributed by atoms with van der Waals surface area (Å²) in [6, 6.07) is 52.8. The van der Waals surface area contributed by atoms with Gasteiger partial charge in [-0.15, -0.1) is 0 Å². The van der Waals surface area contributed by atoms with E-state index in [1.807, 2.05) is 48.5 Å². The van der Waals surface area contributed by atoms with Gasteiger partial charge in [-0.25, -0.2) is 0 Å². The number of furan rings is 2. The predicted octanol–water partition coefficient (Wildman–Crippen LogP) is 12.3. The van der Waals surface area contributed by atoms with E-state index in [-0.39, 0.29) is 0 Å². The van der Waals surface area contributed by atoms with E-state index < -0.39 is 0 Å². The Kier molecular flexibility index (Phi) is 5.98. The van der Waals surface area contributed by atoms with Gasteiger partial charge in [-0.2, -0.15) is 8.75 Å². The van der Waals surface area contributed by atoms with Crippen molar-refractivity contribution in [2.24, 2.45) is 0 Å². The standard InChI is InChI=1S/C42H25N3O2S/c1-3-10-38-32(6-1)34-22-16-28(24-40(34)46-38)26-12-18-30(19-13-26)45(37-9-5-8-36-42(37)44-48-43-36)31-20-14-27(15-21-31)29-17-23-35-33-7-2-4-11-39(33)47-41(35)25-29/h1-25H. The van der Waals surface area contributed by atoms with Crippen LogP contribution in [0.25, 0.3) is 77.2 Å². The summed E-state index contributed by atoms with van der Waals surface area (Å²) in [5.41, 5.74) is 12.8. The minimum Gasteiger partial charge on any atom is -0.456 e. The molecule has 0 radical (unpaired) electrons. The first-order valence-corrected chi connectivity index (χ1v) is 16.5. The second-order valence-electron chi connectivity index (χ2n) is 12.0. The second-order valence-corrected chi connectivity index (χ2v) is 12.5. The van der Waals surface area contributed by atoms with Gasteiger partial charge in [0.15, 0.2) is 0 Å². The van der Waals surface area contributed by atoms with Crippen molar-refractivity contribution in [2.45, 2.75) is 0 Å². The van der Waals surface area contributed by atoms with Crippen molar-refractivity contribution in [3.63, 3.8) is 0 Å². The molecule has 0 spiro atoms. The van der Waals surface area contributed by atoms with Crippen LogP contribution >= 0.6 is 11.7 Å². The highest BCUT2D eigenvalue weighted by Crippen LogP contribution is 2.41. The maximum atomic E-state index is 6.18. The largest absolute Gasteiger partial charge is 0.456 e. The van der Waals surface area contributed by atoms with Crippen LogP contribution in [-0.4, -0.2) is 8.75 Å². The summed E-state index contributed by atoms with van der Waals surface area (Å²) in [6.45, 7) is 0. The Morgan fingerprint density at radius 2 is 0.917 bits per heavy atom. The highest BCUT2D eigenvalue weighted by Gasteiger charge is 2.18. The van der Waals surface area contributed by atoms with Crippen molar-refractivity contribution < 1.29 is 8.83 Å². The molecule has 226 valence electrons. The number of hydrogen-bond donors (Lipinski definition) is 0. The Hall–Kier alpha value is -6.24. The van der Waals surface area contributed by atoms with E-state index >= 15 is 0 Å². The number of aromatic nitrogens is 2. The highest BCUT2D eigenvalue weighted by molar-refractivity contribution is 7.00. The molecule has 0 aliphatic carbocycles. The molecule has 0 unspecified atom stereocenters. The zero-order valence-electron chi connectivity index (χ0n) is 25.5. The van der Waals surface area contributed by atoms with Crippen molar-refractivity contribution in [1.82, 2.24) is 8.75 Å². The summed E-state index contributed by atoms with van der Waals surface area (Å²) in [5.74, 6) is 0. The molecule has 3 aromatic heterocycles. The van der Waals surface area contributed by atoms with E-state index in [1.165, 1.54) is 11.7 Å². The number of para-hydroxylation sites is 2. The number of benzene rings is 7. The number of anilines is 3. The Morgan fingerprint density at radius 3 is 1.48 bits per heavy atom. The third-order valence-corrected chi connectivity index (χ3v) is 9.72. The van der Waals surface area contributed by atoms with Crippen LogP contribution in [0.1, 0.15) is 0 Å². The van der Waals surface area contributed by atoms with Gasteiger partial charge < -0.3 is 13.7 Å². The third kappa shape index (κ3) is 4.31. The Bertz CT molecular complexity index is 2640. The van der Waals surface area contributed by atoms with E-state index in [9.17, 15) is 0 Å². The van der Waals surface area contributed by atoms with Gasteiger partial charge in [0.2, 0.25) is 0 Å². The Labute approximate surface area is 279 Å². The molecule has 0 N–H and O–H groups in total. The lowest BCUT2D eigenvalue weighted by Gasteiger charge is -2.26. The molecule has 10 rings (SSSR count). The molecular formula is C42H25N3O2S. The molecule has 7 aromatic carbocycles. The van der Waals surface area contributed by atoms with E-state index in [0.29, 0.717) is 0 Å². The fourth-order valence-electron chi connectivity index (χ4n) is 6.82. The first kappa shape index (κ1) is 26.9. The summed E-state index contributed by atoms with van der Waals surface area (Å²) >= 11 is 1.23. The summed E-state index contributed by atoms with van der Waals surface area (Å²) in [6.07, 6.45) is 0. The molecule has 0 amide bonds. The molecule has 0 saturated heterocycles. The fraction of sp³-hybridized carbons (Fsp3) is 0. The minimum absolute atomic E-state index is 0.876. The maximum absolute atomic E-state index is 6.18. The molecule has 3 heterocycles.